The van der Waals surface area contributed by atoms with Gasteiger partial charge in [-0.3, -0.25) is 0 Å². The summed E-state index contributed by atoms with van der Waals surface area (Å²) in [6.45, 7) is 2.36. The smallest absolute Gasteiger partial charge is 0.0655 e. The molecule has 2 atom stereocenters. The summed E-state index contributed by atoms with van der Waals surface area (Å²) in [6.07, 6.45) is 9.10. The first-order valence-corrected chi connectivity index (χ1v) is 13.7. The second-order valence-corrected chi connectivity index (χ2v) is 10.8. The van der Waals surface area contributed by atoms with Crippen molar-refractivity contribution >= 4 is 33.2 Å². The summed E-state index contributed by atoms with van der Waals surface area (Å²) in [7, 11) is 0. The van der Waals surface area contributed by atoms with Gasteiger partial charge in [0.05, 0.1) is 17.1 Å². The number of aromatic nitrogens is 1. The van der Waals surface area contributed by atoms with E-state index in [9.17, 15) is 0 Å². The highest BCUT2D eigenvalue weighted by Crippen LogP contribution is 2.52. The van der Waals surface area contributed by atoms with E-state index in [1.165, 1.54) is 55.6 Å². The first-order chi connectivity index (χ1) is 19.2. The van der Waals surface area contributed by atoms with Gasteiger partial charge in [0.1, 0.15) is 0 Å². The molecule has 0 bridgehead atoms. The highest BCUT2D eigenvalue weighted by Gasteiger charge is 2.46. The van der Waals surface area contributed by atoms with Gasteiger partial charge in [0.25, 0.3) is 0 Å². The van der Waals surface area contributed by atoms with Crippen LogP contribution in [0.25, 0.3) is 38.6 Å². The van der Waals surface area contributed by atoms with Crippen molar-refractivity contribution in [3.8, 4) is 16.8 Å². The maximum absolute atomic E-state index is 2.54. The van der Waals surface area contributed by atoms with Gasteiger partial charge in [-0.25, -0.2) is 0 Å². The maximum atomic E-state index is 2.54. The highest BCUT2D eigenvalue weighted by molar-refractivity contribution is 6.09. The molecule has 186 valence electrons. The fourth-order valence-electron chi connectivity index (χ4n) is 6.84. The van der Waals surface area contributed by atoms with Gasteiger partial charge in [-0.05, 0) is 54.4 Å². The van der Waals surface area contributed by atoms with Gasteiger partial charge >= 0.3 is 0 Å². The van der Waals surface area contributed by atoms with Crippen molar-refractivity contribution in [1.82, 2.24) is 4.57 Å². The second-order valence-electron chi connectivity index (χ2n) is 10.8. The Morgan fingerprint density at radius 3 is 2.08 bits per heavy atom. The first kappa shape index (κ1) is 22.2. The quantitative estimate of drug-likeness (QED) is 0.235. The zero-order valence-electron chi connectivity index (χ0n) is 21.8. The molecule has 0 N–H and O–H groups in total. The Kier molecular flexibility index (Phi) is 4.75. The van der Waals surface area contributed by atoms with E-state index < -0.39 is 0 Å². The highest BCUT2D eigenvalue weighted by atomic mass is 15.2. The lowest BCUT2D eigenvalue weighted by Gasteiger charge is -2.35. The van der Waals surface area contributed by atoms with E-state index >= 15 is 0 Å². The molecule has 0 amide bonds. The number of nitrogens with zero attached hydrogens (tertiary/aromatic N) is 2. The summed E-state index contributed by atoms with van der Waals surface area (Å²) >= 11 is 0. The van der Waals surface area contributed by atoms with Crippen LogP contribution in [0.1, 0.15) is 12.5 Å². The average Bonchev–Trinajstić information content (AvgIpc) is 3.47. The zero-order valence-corrected chi connectivity index (χ0v) is 21.8. The van der Waals surface area contributed by atoms with Crippen LogP contribution in [-0.4, -0.2) is 10.6 Å². The van der Waals surface area contributed by atoms with Crippen molar-refractivity contribution in [2.75, 3.05) is 4.90 Å². The van der Waals surface area contributed by atoms with Crippen molar-refractivity contribution in [2.24, 2.45) is 0 Å². The lowest BCUT2D eigenvalue weighted by atomic mass is 9.76. The SMILES string of the molecule is CC12C=CC=CC1N(c1ccccc1-c1cccc(-n3c4ccccc4c4ccccc43)c1)c1ccccc12. The lowest BCUT2D eigenvalue weighted by molar-refractivity contribution is 0.551. The molecule has 0 radical (unpaired) electrons. The molecule has 1 aromatic heterocycles. The van der Waals surface area contributed by atoms with E-state index in [0.29, 0.717) is 0 Å². The van der Waals surface area contributed by atoms with E-state index in [1.54, 1.807) is 0 Å². The summed E-state index contributed by atoms with van der Waals surface area (Å²) in [6, 6.07) is 44.4. The lowest BCUT2D eigenvalue weighted by Crippen LogP contribution is -2.39. The molecule has 2 aliphatic rings. The molecule has 2 nitrogen and oxygen atoms in total. The van der Waals surface area contributed by atoms with Gasteiger partial charge in [0.2, 0.25) is 0 Å². The molecule has 8 rings (SSSR count). The molecular weight excluding hydrogens is 472 g/mol. The summed E-state index contributed by atoms with van der Waals surface area (Å²) in [5, 5.41) is 2.56. The van der Waals surface area contributed by atoms with Gasteiger partial charge in [-0.1, -0.05) is 109 Å². The van der Waals surface area contributed by atoms with Gasteiger partial charge in [0, 0.05) is 38.8 Å². The molecule has 0 spiro atoms. The largest absolute Gasteiger partial charge is 0.332 e. The number of hydrogen-bond donors (Lipinski definition) is 0. The monoisotopic (exact) mass is 500 g/mol. The Hall–Kier alpha value is -4.82. The summed E-state index contributed by atoms with van der Waals surface area (Å²) in [5.41, 5.74) is 9.92. The van der Waals surface area contributed by atoms with Crippen LogP contribution >= 0.6 is 0 Å². The molecule has 0 saturated heterocycles. The molecule has 2 heteroatoms. The first-order valence-electron chi connectivity index (χ1n) is 13.7. The van der Waals surface area contributed by atoms with Crippen LogP contribution in [0.4, 0.5) is 11.4 Å². The van der Waals surface area contributed by atoms with E-state index in [1.807, 2.05) is 0 Å². The van der Waals surface area contributed by atoms with Crippen molar-refractivity contribution in [3.63, 3.8) is 0 Å². The summed E-state index contributed by atoms with van der Waals surface area (Å²) in [5.74, 6) is 0. The normalized spacial score (nSPS) is 19.5. The van der Waals surface area contributed by atoms with Crippen molar-refractivity contribution in [3.05, 3.63) is 151 Å². The van der Waals surface area contributed by atoms with Crippen LogP contribution in [-0.2, 0) is 5.41 Å². The van der Waals surface area contributed by atoms with E-state index in [2.05, 4.69) is 162 Å². The molecule has 0 fully saturated rings. The van der Waals surface area contributed by atoms with Gasteiger partial charge in [-0.15, -0.1) is 0 Å². The van der Waals surface area contributed by atoms with Crippen LogP contribution in [0.5, 0.6) is 0 Å². The molecule has 5 aromatic carbocycles. The molecule has 39 heavy (non-hydrogen) atoms. The van der Waals surface area contributed by atoms with Crippen LogP contribution in [0.2, 0.25) is 0 Å². The number of anilines is 2. The second kappa shape index (κ2) is 8.34. The third kappa shape index (κ3) is 3.15. The van der Waals surface area contributed by atoms with Crippen LogP contribution < -0.4 is 4.90 Å². The van der Waals surface area contributed by atoms with Crippen molar-refractivity contribution < 1.29 is 0 Å². The minimum Gasteiger partial charge on any atom is -0.332 e. The van der Waals surface area contributed by atoms with Crippen molar-refractivity contribution in [1.29, 1.82) is 0 Å². The molecule has 6 aromatic rings. The number of benzene rings is 5. The summed E-state index contributed by atoms with van der Waals surface area (Å²) < 4.78 is 2.40. The Morgan fingerprint density at radius 1 is 0.615 bits per heavy atom. The van der Waals surface area contributed by atoms with Crippen LogP contribution in [0, 0.1) is 0 Å². The third-order valence-corrected chi connectivity index (χ3v) is 8.64. The summed E-state index contributed by atoms with van der Waals surface area (Å²) in [4.78, 5) is 2.54. The Balaban J connectivity index is 1.32. The Morgan fingerprint density at radius 2 is 1.28 bits per heavy atom. The zero-order chi connectivity index (χ0) is 26.0. The van der Waals surface area contributed by atoms with Crippen LogP contribution in [0.15, 0.2) is 146 Å². The number of allylic oxidation sites excluding steroid dienone is 2. The standard InChI is InChI=1S/C37H28N2/c1-37-24-11-10-23-36(37)39(35-22-9-5-18-31(35)37)32-19-6-2-15-28(32)26-13-12-14-27(25-26)38-33-20-7-3-16-29(33)30-17-4-8-21-34(30)38/h2-25,36H,1H3. The Bertz CT molecular complexity index is 1900. The molecular formula is C37H28N2. The minimum atomic E-state index is -0.0662. The van der Waals surface area contributed by atoms with E-state index in [4.69, 9.17) is 0 Å². The molecule has 1 aliphatic carbocycles. The fourth-order valence-corrected chi connectivity index (χ4v) is 6.84. The van der Waals surface area contributed by atoms with Crippen molar-refractivity contribution in [2.45, 2.75) is 18.4 Å². The van der Waals surface area contributed by atoms with Gasteiger partial charge in [-0.2, -0.15) is 0 Å². The van der Waals surface area contributed by atoms with Gasteiger partial charge < -0.3 is 9.47 Å². The Labute approximate surface area is 228 Å². The number of hydrogen-bond acceptors (Lipinski definition) is 1. The van der Waals surface area contributed by atoms with Gasteiger partial charge in [0.15, 0.2) is 0 Å². The molecule has 1 aliphatic heterocycles. The van der Waals surface area contributed by atoms with E-state index in [-0.39, 0.29) is 11.5 Å². The molecule has 2 unspecified atom stereocenters. The molecule has 0 saturated carbocycles. The molecule has 2 heterocycles. The minimum absolute atomic E-state index is 0.0662. The topological polar surface area (TPSA) is 8.17 Å². The predicted molar refractivity (Wildman–Crippen MR) is 164 cm³/mol. The van der Waals surface area contributed by atoms with Crippen LogP contribution in [0.3, 0.4) is 0 Å². The number of fused-ring (bicyclic) bond motifs is 6. The van der Waals surface area contributed by atoms with E-state index in [0.717, 1.165) is 0 Å². The predicted octanol–water partition coefficient (Wildman–Crippen LogP) is 9.35. The fraction of sp³-hybridized carbons (Fsp3) is 0.0811. The maximum Gasteiger partial charge on any atom is 0.0655 e. The number of rotatable bonds is 3. The average molecular weight is 501 g/mol. The third-order valence-electron chi connectivity index (χ3n) is 8.64. The number of para-hydroxylation sites is 4.